The molecule has 0 aliphatic carbocycles. The summed E-state index contributed by atoms with van der Waals surface area (Å²) in [6.45, 7) is 3.87. The van der Waals surface area contributed by atoms with Crippen LogP contribution in [0.2, 0.25) is 0 Å². The molecular weight excluding hydrogens is 302 g/mol. The van der Waals surface area contributed by atoms with Gasteiger partial charge in [-0.15, -0.1) is 22.7 Å². The Morgan fingerprint density at radius 3 is 2.71 bits per heavy atom. The number of anilines is 1. The van der Waals surface area contributed by atoms with Crippen molar-refractivity contribution in [1.29, 1.82) is 0 Å². The summed E-state index contributed by atoms with van der Waals surface area (Å²) < 4.78 is 0. The van der Waals surface area contributed by atoms with Crippen LogP contribution < -0.4 is 5.32 Å². The number of hydrogen-bond donors (Lipinski definition) is 1. The third-order valence-electron chi connectivity index (χ3n) is 3.10. The van der Waals surface area contributed by atoms with Crippen molar-refractivity contribution in [3.63, 3.8) is 0 Å². The van der Waals surface area contributed by atoms with Crippen LogP contribution in [0, 0.1) is 13.8 Å². The lowest BCUT2D eigenvalue weighted by Gasteiger charge is -2.01. The lowest BCUT2D eigenvalue weighted by Crippen LogP contribution is -2.11. The van der Waals surface area contributed by atoms with E-state index >= 15 is 0 Å². The number of benzene rings is 1. The summed E-state index contributed by atoms with van der Waals surface area (Å²) in [4.78, 5) is 21.3. The molecule has 1 N–H and O–H groups in total. The SMILES string of the molecule is Cc1ccccc1-c1csc(NC(=O)c2scnc2C)n1. The Hall–Kier alpha value is -2.05. The van der Waals surface area contributed by atoms with Crippen molar-refractivity contribution >= 4 is 33.7 Å². The largest absolute Gasteiger partial charge is 0.297 e. The van der Waals surface area contributed by atoms with Crippen molar-refractivity contribution in [2.24, 2.45) is 0 Å². The Morgan fingerprint density at radius 1 is 1.19 bits per heavy atom. The van der Waals surface area contributed by atoms with Gasteiger partial charge in [0, 0.05) is 10.9 Å². The number of aromatic nitrogens is 2. The lowest BCUT2D eigenvalue weighted by molar-refractivity contribution is 0.103. The van der Waals surface area contributed by atoms with Crippen molar-refractivity contribution in [3.8, 4) is 11.3 Å². The van der Waals surface area contributed by atoms with Gasteiger partial charge in [-0.2, -0.15) is 0 Å². The molecule has 0 bridgehead atoms. The average Bonchev–Trinajstić information content (AvgIpc) is 3.08. The first kappa shape index (κ1) is 13.9. The van der Waals surface area contributed by atoms with Crippen molar-refractivity contribution < 1.29 is 4.79 Å². The number of thiazole rings is 2. The van der Waals surface area contributed by atoms with Crippen LogP contribution in [0.1, 0.15) is 20.9 Å². The first-order valence-electron chi connectivity index (χ1n) is 6.38. The van der Waals surface area contributed by atoms with Crippen LogP contribution in [0.25, 0.3) is 11.3 Å². The van der Waals surface area contributed by atoms with E-state index < -0.39 is 0 Å². The number of nitrogens with one attached hydrogen (secondary N) is 1. The number of nitrogens with zero attached hydrogens (tertiary/aromatic N) is 2. The number of amides is 1. The summed E-state index contributed by atoms with van der Waals surface area (Å²) in [5, 5.41) is 5.39. The van der Waals surface area contributed by atoms with Gasteiger partial charge in [-0.05, 0) is 19.4 Å². The molecule has 1 amide bonds. The van der Waals surface area contributed by atoms with Gasteiger partial charge in [-0.25, -0.2) is 9.97 Å². The highest BCUT2D eigenvalue weighted by Gasteiger charge is 2.14. The second-order valence-electron chi connectivity index (χ2n) is 4.57. The second kappa shape index (κ2) is 5.75. The molecule has 21 heavy (non-hydrogen) atoms. The summed E-state index contributed by atoms with van der Waals surface area (Å²) in [7, 11) is 0. The molecule has 6 heteroatoms. The van der Waals surface area contributed by atoms with E-state index in [1.807, 2.05) is 43.5 Å². The molecule has 0 unspecified atom stereocenters. The Morgan fingerprint density at radius 2 is 2.00 bits per heavy atom. The van der Waals surface area contributed by atoms with Crippen LogP contribution in [0.15, 0.2) is 35.2 Å². The maximum absolute atomic E-state index is 12.1. The maximum atomic E-state index is 12.1. The molecule has 1 aromatic carbocycles. The summed E-state index contributed by atoms with van der Waals surface area (Å²) in [6.07, 6.45) is 0. The zero-order valence-electron chi connectivity index (χ0n) is 11.6. The van der Waals surface area contributed by atoms with Crippen LogP contribution in [0.3, 0.4) is 0 Å². The van der Waals surface area contributed by atoms with Gasteiger partial charge in [0.15, 0.2) is 5.13 Å². The zero-order valence-corrected chi connectivity index (χ0v) is 13.2. The summed E-state index contributed by atoms with van der Waals surface area (Å²) in [5.41, 5.74) is 5.55. The highest BCUT2D eigenvalue weighted by atomic mass is 32.1. The van der Waals surface area contributed by atoms with E-state index in [1.54, 1.807) is 5.51 Å². The van der Waals surface area contributed by atoms with Gasteiger partial charge >= 0.3 is 0 Å². The molecule has 106 valence electrons. The highest BCUT2D eigenvalue weighted by Crippen LogP contribution is 2.27. The fraction of sp³-hybridized carbons (Fsp3) is 0.133. The van der Waals surface area contributed by atoms with Crippen molar-refractivity contribution in [2.75, 3.05) is 5.32 Å². The zero-order chi connectivity index (χ0) is 14.8. The van der Waals surface area contributed by atoms with E-state index in [9.17, 15) is 4.79 Å². The van der Waals surface area contributed by atoms with Crippen molar-refractivity contribution in [3.05, 3.63) is 51.3 Å². The number of hydrogen-bond acceptors (Lipinski definition) is 5. The van der Waals surface area contributed by atoms with Gasteiger partial charge in [0.05, 0.1) is 16.9 Å². The van der Waals surface area contributed by atoms with E-state index in [0.29, 0.717) is 10.0 Å². The molecule has 0 fully saturated rings. The molecule has 2 aromatic heterocycles. The monoisotopic (exact) mass is 315 g/mol. The molecular formula is C15H13N3OS2. The van der Waals surface area contributed by atoms with E-state index in [4.69, 9.17) is 0 Å². The fourth-order valence-electron chi connectivity index (χ4n) is 1.99. The van der Waals surface area contributed by atoms with Crippen LogP contribution in [-0.2, 0) is 0 Å². The van der Waals surface area contributed by atoms with Gasteiger partial charge < -0.3 is 0 Å². The summed E-state index contributed by atoms with van der Waals surface area (Å²) in [6, 6.07) is 8.07. The van der Waals surface area contributed by atoms with Gasteiger partial charge in [0.1, 0.15) is 4.88 Å². The molecule has 3 rings (SSSR count). The fourth-order valence-corrected chi connectivity index (χ4v) is 3.39. The lowest BCUT2D eigenvalue weighted by atomic mass is 10.1. The van der Waals surface area contributed by atoms with Crippen LogP contribution in [0.4, 0.5) is 5.13 Å². The molecule has 0 aliphatic rings. The molecule has 0 spiro atoms. The normalized spacial score (nSPS) is 10.6. The molecule has 0 saturated heterocycles. The molecule has 0 atom stereocenters. The van der Waals surface area contributed by atoms with Gasteiger partial charge in [0.25, 0.3) is 5.91 Å². The maximum Gasteiger partial charge on any atom is 0.269 e. The predicted octanol–water partition coefficient (Wildman–Crippen LogP) is 4.14. The summed E-state index contributed by atoms with van der Waals surface area (Å²) >= 11 is 2.76. The first-order valence-corrected chi connectivity index (χ1v) is 8.14. The quantitative estimate of drug-likeness (QED) is 0.790. The molecule has 0 radical (unpaired) electrons. The smallest absolute Gasteiger partial charge is 0.269 e. The van der Waals surface area contributed by atoms with Crippen LogP contribution >= 0.6 is 22.7 Å². The van der Waals surface area contributed by atoms with Gasteiger partial charge in [-0.1, -0.05) is 24.3 Å². The van der Waals surface area contributed by atoms with Gasteiger partial charge in [0.2, 0.25) is 0 Å². The third-order valence-corrected chi connectivity index (χ3v) is 4.78. The first-order chi connectivity index (χ1) is 10.1. The standard InChI is InChI=1S/C15H13N3OS2/c1-9-5-3-4-6-11(9)12-7-20-15(17-12)18-14(19)13-10(2)16-8-21-13/h3-8H,1-2H3,(H,17,18,19). The van der Waals surface area contributed by atoms with Gasteiger partial charge in [-0.3, -0.25) is 10.1 Å². The van der Waals surface area contributed by atoms with Crippen molar-refractivity contribution in [1.82, 2.24) is 9.97 Å². The third kappa shape index (κ3) is 2.86. The Kier molecular flexibility index (Phi) is 3.81. The number of aryl methyl sites for hydroxylation is 2. The Balaban J connectivity index is 1.82. The second-order valence-corrected chi connectivity index (χ2v) is 6.29. The number of carbonyl (C=O) groups is 1. The average molecular weight is 315 g/mol. The summed E-state index contributed by atoms with van der Waals surface area (Å²) in [5.74, 6) is -0.152. The van der Waals surface area contributed by atoms with E-state index in [2.05, 4.69) is 15.3 Å². The molecule has 4 nitrogen and oxygen atoms in total. The van der Waals surface area contributed by atoms with Crippen LogP contribution in [-0.4, -0.2) is 15.9 Å². The predicted molar refractivity (Wildman–Crippen MR) is 87.1 cm³/mol. The topological polar surface area (TPSA) is 54.9 Å². The van der Waals surface area contributed by atoms with E-state index in [0.717, 1.165) is 17.0 Å². The van der Waals surface area contributed by atoms with Crippen LogP contribution in [0.5, 0.6) is 0 Å². The molecule has 2 heterocycles. The highest BCUT2D eigenvalue weighted by molar-refractivity contribution is 7.14. The van der Waals surface area contributed by atoms with E-state index in [1.165, 1.54) is 28.2 Å². The molecule has 3 aromatic rings. The van der Waals surface area contributed by atoms with E-state index in [-0.39, 0.29) is 5.91 Å². The minimum absolute atomic E-state index is 0.152. The number of rotatable bonds is 3. The Labute approximate surface area is 130 Å². The molecule has 0 saturated carbocycles. The van der Waals surface area contributed by atoms with Crippen molar-refractivity contribution in [2.45, 2.75) is 13.8 Å². The Bertz CT molecular complexity index is 792. The molecule has 0 aliphatic heterocycles. The minimum atomic E-state index is -0.152. The number of carbonyl (C=O) groups excluding carboxylic acids is 1. The minimum Gasteiger partial charge on any atom is -0.297 e.